The lowest BCUT2D eigenvalue weighted by atomic mass is 10.1. The second kappa shape index (κ2) is 10.6. The maximum atomic E-state index is 14.0. The molecule has 0 saturated heterocycles. The molecule has 4 nitrogen and oxygen atoms in total. The van der Waals surface area contributed by atoms with E-state index in [1.165, 1.54) is 6.07 Å². The maximum Gasteiger partial charge on any atom is 0.242 e. The summed E-state index contributed by atoms with van der Waals surface area (Å²) in [5.74, 6) is -0.822. The molecule has 2 aromatic rings. The molecule has 1 atom stereocenters. The number of carbonyl (C=O) groups is 2. The van der Waals surface area contributed by atoms with Crippen molar-refractivity contribution in [1.29, 1.82) is 0 Å². The van der Waals surface area contributed by atoms with Crippen molar-refractivity contribution in [3.8, 4) is 0 Å². The van der Waals surface area contributed by atoms with Gasteiger partial charge in [-0.1, -0.05) is 55.5 Å². The largest absolute Gasteiger partial charge is 0.352 e. The van der Waals surface area contributed by atoms with Crippen LogP contribution in [0, 0.1) is 5.82 Å². The number of hydrogen-bond acceptors (Lipinski definition) is 2. The lowest BCUT2D eigenvalue weighted by Crippen LogP contribution is -2.51. The quantitative estimate of drug-likeness (QED) is 0.716. The Bertz CT molecular complexity index is 777. The van der Waals surface area contributed by atoms with Gasteiger partial charge >= 0.3 is 0 Å². The standard InChI is InChI=1S/C23H29FN2O2/c1-4-21(23(28)25-17(2)3)26(15-14-18-10-6-5-7-11-18)22(27)16-19-12-8-9-13-20(19)24/h5-13,17,21H,4,14-16H2,1-3H3,(H,25,28)/t21-/m0/s1. The first-order valence-electron chi connectivity index (χ1n) is 9.79. The van der Waals surface area contributed by atoms with Gasteiger partial charge in [0.1, 0.15) is 11.9 Å². The summed E-state index contributed by atoms with van der Waals surface area (Å²) in [5, 5.41) is 2.90. The fraction of sp³-hybridized carbons (Fsp3) is 0.391. The first kappa shape index (κ1) is 21.6. The highest BCUT2D eigenvalue weighted by molar-refractivity contribution is 5.88. The number of nitrogens with one attached hydrogen (secondary N) is 1. The summed E-state index contributed by atoms with van der Waals surface area (Å²) in [6, 6.07) is 15.5. The molecule has 0 saturated carbocycles. The van der Waals surface area contributed by atoms with Crippen molar-refractivity contribution in [1.82, 2.24) is 10.2 Å². The predicted octanol–water partition coefficient (Wildman–Crippen LogP) is 3.74. The molecule has 0 radical (unpaired) electrons. The smallest absolute Gasteiger partial charge is 0.242 e. The minimum atomic E-state index is -0.578. The Morgan fingerprint density at radius 3 is 2.29 bits per heavy atom. The van der Waals surface area contributed by atoms with Gasteiger partial charge in [0.25, 0.3) is 0 Å². The van der Waals surface area contributed by atoms with E-state index in [-0.39, 0.29) is 24.3 Å². The Labute approximate surface area is 166 Å². The van der Waals surface area contributed by atoms with Crippen molar-refractivity contribution in [2.45, 2.75) is 52.1 Å². The van der Waals surface area contributed by atoms with Gasteiger partial charge in [-0.2, -0.15) is 0 Å². The summed E-state index contributed by atoms with van der Waals surface area (Å²) in [6.45, 7) is 6.07. The number of hydrogen-bond donors (Lipinski definition) is 1. The van der Waals surface area contributed by atoms with Crippen molar-refractivity contribution in [3.63, 3.8) is 0 Å². The maximum absolute atomic E-state index is 14.0. The van der Waals surface area contributed by atoms with Crippen LogP contribution in [0.2, 0.25) is 0 Å². The van der Waals surface area contributed by atoms with Gasteiger partial charge in [-0.15, -0.1) is 0 Å². The molecule has 0 heterocycles. The molecule has 0 aliphatic heterocycles. The van der Waals surface area contributed by atoms with Gasteiger partial charge in [0.05, 0.1) is 6.42 Å². The minimum Gasteiger partial charge on any atom is -0.352 e. The Morgan fingerprint density at radius 1 is 1.04 bits per heavy atom. The zero-order valence-corrected chi connectivity index (χ0v) is 16.8. The predicted molar refractivity (Wildman–Crippen MR) is 109 cm³/mol. The number of benzene rings is 2. The number of rotatable bonds is 9. The van der Waals surface area contributed by atoms with Gasteiger partial charge in [0, 0.05) is 12.6 Å². The number of amides is 2. The van der Waals surface area contributed by atoms with Crippen LogP contribution in [0.15, 0.2) is 54.6 Å². The minimum absolute atomic E-state index is 0.0146. The van der Waals surface area contributed by atoms with E-state index in [1.807, 2.05) is 51.1 Å². The Kier molecular flexibility index (Phi) is 8.18. The average Bonchev–Trinajstić information content (AvgIpc) is 2.67. The summed E-state index contributed by atoms with van der Waals surface area (Å²) in [7, 11) is 0. The highest BCUT2D eigenvalue weighted by atomic mass is 19.1. The van der Waals surface area contributed by atoms with Crippen LogP contribution in [0.4, 0.5) is 4.39 Å². The molecular weight excluding hydrogens is 355 g/mol. The van der Waals surface area contributed by atoms with Crippen LogP contribution in [0.1, 0.15) is 38.3 Å². The third-order valence-corrected chi connectivity index (χ3v) is 4.60. The zero-order valence-electron chi connectivity index (χ0n) is 16.8. The van der Waals surface area contributed by atoms with E-state index in [9.17, 15) is 14.0 Å². The molecule has 150 valence electrons. The lowest BCUT2D eigenvalue weighted by Gasteiger charge is -2.31. The van der Waals surface area contributed by atoms with Crippen LogP contribution in [0.25, 0.3) is 0 Å². The molecule has 0 aliphatic rings. The first-order chi connectivity index (χ1) is 13.4. The molecule has 2 aromatic carbocycles. The van der Waals surface area contributed by atoms with Gasteiger partial charge in [-0.25, -0.2) is 4.39 Å². The SMILES string of the molecule is CC[C@@H](C(=O)NC(C)C)N(CCc1ccccc1)C(=O)Cc1ccccc1F. The van der Waals surface area contributed by atoms with E-state index in [4.69, 9.17) is 0 Å². The Morgan fingerprint density at radius 2 is 1.68 bits per heavy atom. The monoisotopic (exact) mass is 384 g/mol. The average molecular weight is 384 g/mol. The van der Waals surface area contributed by atoms with Gasteiger partial charge in [-0.3, -0.25) is 9.59 Å². The van der Waals surface area contributed by atoms with Gasteiger partial charge in [0.15, 0.2) is 0 Å². The summed E-state index contributed by atoms with van der Waals surface area (Å²) in [4.78, 5) is 27.3. The van der Waals surface area contributed by atoms with Crippen molar-refractivity contribution >= 4 is 11.8 Å². The summed E-state index contributed by atoms with van der Waals surface area (Å²) in [5.41, 5.74) is 1.43. The van der Waals surface area contributed by atoms with E-state index in [0.29, 0.717) is 24.9 Å². The molecule has 2 amide bonds. The van der Waals surface area contributed by atoms with E-state index < -0.39 is 11.9 Å². The number of nitrogens with zero attached hydrogens (tertiary/aromatic N) is 1. The van der Waals surface area contributed by atoms with Crippen LogP contribution in [0.5, 0.6) is 0 Å². The molecule has 2 rings (SSSR count). The highest BCUT2D eigenvalue weighted by Gasteiger charge is 2.28. The third-order valence-electron chi connectivity index (χ3n) is 4.60. The topological polar surface area (TPSA) is 49.4 Å². The van der Waals surface area contributed by atoms with Crippen LogP contribution in [0.3, 0.4) is 0 Å². The zero-order chi connectivity index (χ0) is 20.5. The number of carbonyl (C=O) groups excluding carboxylic acids is 2. The van der Waals surface area contributed by atoms with Gasteiger partial charge in [0.2, 0.25) is 11.8 Å². The molecule has 0 aliphatic carbocycles. The Hall–Kier alpha value is -2.69. The molecule has 0 bridgehead atoms. The van der Waals surface area contributed by atoms with E-state index in [1.54, 1.807) is 23.1 Å². The molecule has 0 unspecified atom stereocenters. The molecule has 0 aromatic heterocycles. The second-order valence-corrected chi connectivity index (χ2v) is 7.18. The van der Waals surface area contributed by atoms with Crippen molar-refractivity contribution in [3.05, 3.63) is 71.5 Å². The number of halogens is 1. The van der Waals surface area contributed by atoms with Crippen molar-refractivity contribution in [2.24, 2.45) is 0 Å². The molecule has 5 heteroatoms. The highest BCUT2D eigenvalue weighted by Crippen LogP contribution is 2.14. The summed E-state index contributed by atoms with van der Waals surface area (Å²) in [6.07, 6.45) is 1.07. The van der Waals surface area contributed by atoms with Gasteiger partial charge < -0.3 is 10.2 Å². The van der Waals surface area contributed by atoms with Crippen LogP contribution < -0.4 is 5.32 Å². The molecule has 0 fully saturated rings. The van der Waals surface area contributed by atoms with Gasteiger partial charge in [-0.05, 0) is 43.9 Å². The lowest BCUT2D eigenvalue weighted by molar-refractivity contribution is -0.140. The summed E-state index contributed by atoms with van der Waals surface area (Å²) >= 11 is 0. The molecular formula is C23H29FN2O2. The van der Waals surface area contributed by atoms with Crippen molar-refractivity contribution in [2.75, 3.05) is 6.54 Å². The molecule has 0 spiro atoms. The molecule has 28 heavy (non-hydrogen) atoms. The summed E-state index contributed by atoms with van der Waals surface area (Å²) < 4.78 is 14.0. The van der Waals surface area contributed by atoms with E-state index in [0.717, 1.165) is 5.56 Å². The second-order valence-electron chi connectivity index (χ2n) is 7.18. The Balaban J connectivity index is 2.21. The van der Waals surface area contributed by atoms with E-state index >= 15 is 0 Å². The first-order valence-corrected chi connectivity index (χ1v) is 9.79. The molecule has 1 N–H and O–H groups in total. The van der Waals surface area contributed by atoms with Crippen LogP contribution in [-0.2, 0) is 22.4 Å². The third kappa shape index (κ3) is 6.19. The van der Waals surface area contributed by atoms with Crippen LogP contribution in [-0.4, -0.2) is 35.3 Å². The normalized spacial score (nSPS) is 11.9. The van der Waals surface area contributed by atoms with Crippen molar-refractivity contribution < 1.29 is 14.0 Å². The fourth-order valence-electron chi connectivity index (χ4n) is 3.18. The van der Waals surface area contributed by atoms with Crippen LogP contribution >= 0.6 is 0 Å². The fourth-order valence-corrected chi connectivity index (χ4v) is 3.18. The van der Waals surface area contributed by atoms with E-state index in [2.05, 4.69) is 5.32 Å².